The first-order valence-corrected chi connectivity index (χ1v) is 5.38. The van der Waals surface area contributed by atoms with Crippen LogP contribution in [0.2, 0.25) is 0 Å². The summed E-state index contributed by atoms with van der Waals surface area (Å²) in [7, 11) is 0. The number of hydrogen-bond donors (Lipinski definition) is 1. The molecule has 0 aliphatic heterocycles. The average Bonchev–Trinajstić information content (AvgIpc) is 2.18. The van der Waals surface area contributed by atoms with Crippen molar-refractivity contribution >= 4 is 26.7 Å². The Morgan fingerprint density at radius 2 is 2.00 bits per heavy atom. The largest absolute Gasteiger partial charge is 0.396 e. The first kappa shape index (κ1) is 9.69. The number of halogens is 1. The summed E-state index contributed by atoms with van der Waals surface area (Å²) in [6.45, 7) is 0.204. The second-order valence-electron chi connectivity index (χ2n) is 3.26. The first-order chi connectivity index (χ1) is 6.81. The molecule has 72 valence electrons. The molecule has 0 radical (unpaired) electrons. The van der Waals surface area contributed by atoms with Crippen LogP contribution >= 0.6 is 15.9 Å². The number of rotatable bonds is 2. The summed E-state index contributed by atoms with van der Waals surface area (Å²) in [5, 5.41) is 11.4. The highest BCUT2D eigenvalue weighted by Gasteiger charge is 2.00. The zero-order valence-corrected chi connectivity index (χ0v) is 9.29. The zero-order chi connectivity index (χ0) is 9.97. The highest BCUT2D eigenvalue weighted by atomic mass is 79.9. The Morgan fingerprint density at radius 3 is 2.79 bits per heavy atom. The van der Waals surface area contributed by atoms with Gasteiger partial charge in [0.15, 0.2) is 0 Å². The van der Waals surface area contributed by atoms with Gasteiger partial charge in [-0.1, -0.05) is 40.2 Å². The Labute approximate surface area is 91.5 Å². The maximum absolute atomic E-state index is 8.92. The predicted octanol–water partition coefficient (Wildman–Crippen LogP) is 3.14. The SMILES string of the molecule is OCCc1cccc2cc(Br)ccc12. The third kappa shape index (κ3) is 1.81. The van der Waals surface area contributed by atoms with Gasteiger partial charge in [-0.25, -0.2) is 0 Å². The number of hydrogen-bond acceptors (Lipinski definition) is 1. The summed E-state index contributed by atoms with van der Waals surface area (Å²) in [4.78, 5) is 0. The molecular formula is C12H11BrO. The Hall–Kier alpha value is -0.860. The van der Waals surface area contributed by atoms with Crippen LogP contribution in [0.1, 0.15) is 5.56 Å². The molecule has 2 rings (SSSR count). The van der Waals surface area contributed by atoms with E-state index in [1.54, 1.807) is 0 Å². The molecule has 0 unspecified atom stereocenters. The van der Waals surface area contributed by atoms with E-state index in [2.05, 4.69) is 40.2 Å². The summed E-state index contributed by atoms with van der Waals surface area (Å²) >= 11 is 3.45. The maximum Gasteiger partial charge on any atom is 0.0471 e. The lowest BCUT2D eigenvalue weighted by atomic mass is 10.0. The van der Waals surface area contributed by atoms with Crippen molar-refractivity contribution in [3.8, 4) is 0 Å². The molecule has 0 atom stereocenters. The molecule has 14 heavy (non-hydrogen) atoms. The van der Waals surface area contributed by atoms with Crippen molar-refractivity contribution < 1.29 is 5.11 Å². The van der Waals surface area contributed by atoms with E-state index >= 15 is 0 Å². The quantitative estimate of drug-likeness (QED) is 0.869. The monoisotopic (exact) mass is 250 g/mol. The summed E-state index contributed by atoms with van der Waals surface area (Å²) in [5.74, 6) is 0. The van der Waals surface area contributed by atoms with Gasteiger partial charge in [0.05, 0.1) is 0 Å². The Bertz CT molecular complexity index is 451. The number of aliphatic hydroxyl groups excluding tert-OH is 1. The minimum Gasteiger partial charge on any atom is -0.396 e. The maximum atomic E-state index is 8.92. The summed E-state index contributed by atoms with van der Waals surface area (Å²) in [6.07, 6.45) is 0.721. The summed E-state index contributed by atoms with van der Waals surface area (Å²) in [5.41, 5.74) is 1.21. The second-order valence-corrected chi connectivity index (χ2v) is 4.17. The minimum absolute atomic E-state index is 0.204. The molecule has 0 spiro atoms. The lowest BCUT2D eigenvalue weighted by Gasteiger charge is -2.04. The van der Waals surface area contributed by atoms with Crippen molar-refractivity contribution in [2.75, 3.05) is 6.61 Å². The van der Waals surface area contributed by atoms with Gasteiger partial charge in [0, 0.05) is 11.1 Å². The lowest BCUT2D eigenvalue weighted by molar-refractivity contribution is 0.300. The van der Waals surface area contributed by atoms with Gasteiger partial charge in [0.2, 0.25) is 0 Å². The third-order valence-corrected chi connectivity index (χ3v) is 2.81. The topological polar surface area (TPSA) is 20.2 Å². The smallest absolute Gasteiger partial charge is 0.0471 e. The Balaban J connectivity index is 2.62. The van der Waals surface area contributed by atoms with Gasteiger partial charge in [-0.3, -0.25) is 0 Å². The molecule has 0 heterocycles. The Kier molecular flexibility index (Phi) is 2.85. The molecule has 2 heteroatoms. The van der Waals surface area contributed by atoms with Crippen LogP contribution in [-0.4, -0.2) is 11.7 Å². The molecule has 0 saturated carbocycles. The molecule has 0 aliphatic rings. The van der Waals surface area contributed by atoms with Crippen molar-refractivity contribution in [1.29, 1.82) is 0 Å². The average molecular weight is 251 g/mol. The molecule has 2 aromatic rings. The van der Waals surface area contributed by atoms with E-state index in [-0.39, 0.29) is 6.61 Å². The minimum atomic E-state index is 0.204. The van der Waals surface area contributed by atoms with Gasteiger partial charge in [0.1, 0.15) is 0 Å². The van der Waals surface area contributed by atoms with Gasteiger partial charge in [0.25, 0.3) is 0 Å². The number of aliphatic hydroxyl groups is 1. The van der Waals surface area contributed by atoms with E-state index in [1.807, 2.05) is 12.1 Å². The Morgan fingerprint density at radius 1 is 1.14 bits per heavy atom. The fraction of sp³-hybridized carbons (Fsp3) is 0.167. The molecular weight excluding hydrogens is 240 g/mol. The molecule has 0 amide bonds. The highest BCUT2D eigenvalue weighted by molar-refractivity contribution is 9.10. The van der Waals surface area contributed by atoms with Crippen LogP contribution in [0.5, 0.6) is 0 Å². The van der Waals surface area contributed by atoms with Crippen molar-refractivity contribution in [3.05, 3.63) is 46.4 Å². The van der Waals surface area contributed by atoms with Crippen molar-refractivity contribution in [2.45, 2.75) is 6.42 Å². The second kappa shape index (κ2) is 4.11. The van der Waals surface area contributed by atoms with Crippen LogP contribution in [0, 0.1) is 0 Å². The van der Waals surface area contributed by atoms with Gasteiger partial charge < -0.3 is 5.11 Å². The van der Waals surface area contributed by atoms with Crippen LogP contribution in [0.4, 0.5) is 0 Å². The zero-order valence-electron chi connectivity index (χ0n) is 7.70. The fourth-order valence-corrected chi connectivity index (χ4v) is 2.04. The fourth-order valence-electron chi connectivity index (χ4n) is 1.66. The van der Waals surface area contributed by atoms with E-state index in [9.17, 15) is 0 Å². The van der Waals surface area contributed by atoms with Gasteiger partial charge in [-0.05, 0) is 34.9 Å². The van der Waals surface area contributed by atoms with Crippen molar-refractivity contribution in [3.63, 3.8) is 0 Å². The van der Waals surface area contributed by atoms with Crippen LogP contribution in [0.3, 0.4) is 0 Å². The molecule has 1 N–H and O–H groups in total. The van der Waals surface area contributed by atoms with E-state index in [0.717, 1.165) is 10.9 Å². The molecule has 0 aromatic heterocycles. The molecule has 0 bridgehead atoms. The molecule has 0 aliphatic carbocycles. The molecule has 0 saturated heterocycles. The standard InChI is InChI=1S/C12H11BrO/c13-11-4-5-12-9(6-7-14)2-1-3-10(12)8-11/h1-5,8,14H,6-7H2. The predicted molar refractivity (Wildman–Crippen MR) is 62.4 cm³/mol. The van der Waals surface area contributed by atoms with E-state index in [0.29, 0.717) is 0 Å². The van der Waals surface area contributed by atoms with Crippen LogP contribution in [0.25, 0.3) is 10.8 Å². The van der Waals surface area contributed by atoms with Crippen LogP contribution in [0.15, 0.2) is 40.9 Å². The van der Waals surface area contributed by atoms with Crippen LogP contribution in [-0.2, 0) is 6.42 Å². The highest BCUT2D eigenvalue weighted by Crippen LogP contribution is 2.23. The van der Waals surface area contributed by atoms with Crippen LogP contribution < -0.4 is 0 Å². The van der Waals surface area contributed by atoms with Crippen molar-refractivity contribution in [1.82, 2.24) is 0 Å². The van der Waals surface area contributed by atoms with E-state index in [4.69, 9.17) is 5.11 Å². The normalized spacial score (nSPS) is 10.7. The van der Waals surface area contributed by atoms with Gasteiger partial charge in [-0.15, -0.1) is 0 Å². The third-order valence-electron chi connectivity index (χ3n) is 2.31. The number of benzene rings is 2. The number of fused-ring (bicyclic) bond motifs is 1. The molecule has 1 nitrogen and oxygen atoms in total. The molecule has 0 fully saturated rings. The van der Waals surface area contributed by atoms with E-state index in [1.165, 1.54) is 16.3 Å². The first-order valence-electron chi connectivity index (χ1n) is 4.59. The van der Waals surface area contributed by atoms with Gasteiger partial charge >= 0.3 is 0 Å². The van der Waals surface area contributed by atoms with Gasteiger partial charge in [-0.2, -0.15) is 0 Å². The summed E-state index contributed by atoms with van der Waals surface area (Å²) < 4.78 is 1.09. The summed E-state index contributed by atoms with van der Waals surface area (Å²) in [6, 6.07) is 12.4. The van der Waals surface area contributed by atoms with Crippen molar-refractivity contribution in [2.24, 2.45) is 0 Å². The molecule has 2 aromatic carbocycles. The lowest BCUT2D eigenvalue weighted by Crippen LogP contribution is -1.91. The van der Waals surface area contributed by atoms with E-state index < -0.39 is 0 Å².